The lowest BCUT2D eigenvalue weighted by Crippen LogP contribution is -2.37. The van der Waals surface area contributed by atoms with Crippen LogP contribution in [0, 0.1) is 20.8 Å². The van der Waals surface area contributed by atoms with Gasteiger partial charge >= 0.3 is 0 Å². The van der Waals surface area contributed by atoms with Gasteiger partial charge in [0.1, 0.15) is 0 Å². The van der Waals surface area contributed by atoms with E-state index in [0.29, 0.717) is 6.61 Å². The molecule has 0 bridgehead atoms. The van der Waals surface area contributed by atoms with Crippen LogP contribution in [0.25, 0.3) is 0 Å². The SMILES string of the molecule is CC[C@@H](COC)NC(=O)CCC(=O)Nc1c(C)cc(C)cc1C. The van der Waals surface area contributed by atoms with Crippen LogP contribution in [-0.2, 0) is 14.3 Å². The van der Waals surface area contributed by atoms with Crippen molar-refractivity contribution in [2.45, 2.75) is 53.0 Å². The van der Waals surface area contributed by atoms with Crippen molar-refractivity contribution in [3.63, 3.8) is 0 Å². The van der Waals surface area contributed by atoms with E-state index in [0.717, 1.165) is 23.2 Å². The van der Waals surface area contributed by atoms with Crippen LogP contribution < -0.4 is 10.6 Å². The van der Waals surface area contributed by atoms with E-state index in [9.17, 15) is 9.59 Å². The zero-order chi connectivity index (χ0) is 17.4. The van der Waals surface area contributed by atoms with Gasteiger partial charge < -0.3 is 15.4 Å². The third-order valence-corrected chi connectivity index (χ3v) is 3.75. The fraction of sp³-hybridized carbons (Fsp3) is 0.556. The first-order chi connectivity index (χ1) is 10.9. The number of carbonyl (C=O) groups excluding carboxylic acids is 2. The van der Waals surface area contributed by atoms with Gasteiger partial charge in [0.2, 0.25) is 11.8 Å². The Labute approximate surface area is 138 Å². The van der Waals surface area contributed by atoms with Gasteiger partial charge in [0, 0.05) is 25.6 Å². The highest BCUT2D eigenvalue weighted by atomic mass is 16.5. The van der Waals surface area contributed by atoms with Crippen molar-refractivity contribution >= 4 is 17.5 Å². The minimum Gasteiger partial charge on any atom is -0.383 e. The second-order valence-electron chi connectivity index (χ2n) is 5.95. The van der Waals surface area contributed by atoms with Gasteiger partial charge in [-0.05, 0) is 38.3 Å². The molecule has 0 unspecified atom stereocenters. The standard InChI is InChI=1S/C18H28N2O3/c1-6-15(11-23-5)19-16(21)7-8-17(22)20-18-13(3)9-12(2)10-14(18)4/h9-10,15H,6-8,11H2,1-5H3,(H,19,21)(H,20,22)/t15-/m0/s1. The summed E-state index contributed by atoms with van der Waals surface area (Å²) in [5.74, 6) is -0.267. The number of hydrogen-bond donors (Lipinski definition) is 2. The number of amides is 2. The maximum atomic E-state index is 12.1. The zero-order valence-corrected chi connectivity index (χ0v) is 14.8. The molecule has 0 radical (unpaired) electrons. The summed E-state index contributed by atoms with van der Waals surface area (Å²) in [6.45, 7) is 8.44. The van der Waals surface area contributed by atoms with Crippen LogP contribution in [0.15, 0.2) is 12.1 Å². The molecule has 128 valence electrons. The molecule has 1 atom stereocenters. The lowest BCUT2D eigenvalue weighted by Gasteiger charge is -2.16. The van der Waals surface area contributed by atoms with Crippen LogP contribution in [0.2, 0.25) is 0 Å². The number of aryl methyl sites for hydroxylation is 3. The van der Waals surface area contributed by atoms with E-state index < -0.39 is 0 Å². The van der Waals surface area contributed by atoms with Crippen LogP contribution in [0.1, 0.15) is 42.9 Å². The van der Waals surface area contributed by atoms with Gasteiger partial charge in [0.15, 0.2) is 0 Å². The second-order valence-corrected chi connectivity index (χ2v) is 5.95. The maximum Gasteiger partial charge on any atom is 0.224 e. The molecule has 2 amide bonds. The highest BCUT2D eigenvalue weighted by Gasteiger charge is 2.13. The molecule has 0 aromatic heterocycles. The summed E-state index contributed by atoms with van der Waals surface area (Å²) in [4.78, 5) is 23.9. The number of anilines is 1. The third-order valence-electron chi connectivity index (χ3n) is 3.75. The molecule has 0 saturated heterocycles. The minimum atomic E-state index is -0.144. The van der Waals surface area contributed by atoms with Gasteiger partial charge in [-0.25, -0.2) is 0 Å². The third kappa shape index (κ3) is 6.40. The monoisotopic (exact) mass is 320 g/mol. The molecule has 0 fully saturated rings. The van der Waals surface area contributed by atoms with Crippen molar-refractivity contribution in [1.29, 1.82) is 0 Å². The van der Waals surface area contributed by atoms with Crippen LogP contribution in [-0.4, -0.2) is 31.6 Å². The summed E-state index contributed by atoms with van der Waals surface area (Å²) in [6, 6.07) is 4.06. The Balaban J connectivity index is 2.50. The average Bonchev–Trinajstić information content (AvgIpc) is 2.48. The van der Waals surface area contributed by atoms with E-state index in [1.807, 2.05) is 39.8 Å². The molecule has 1 aromatic rings. The average molecular weight is 320 g/mol. The summed E-state index contributed by atoms with van der Waals surface area (Å²) in [5, 5.41) is 5.78. The smallest absolute Gasteiger partial charge is 0.224 e. The van der Waals surface area contributed by atoms with Crippen molar-refractivity contribution < 1.29 is 14.3 Å². The summed E-state index contributed by atoms with van der Waals surface area (Å²) in [5.41, 5.74) is 4.07. The quantitative estimate of drug-likeness (QED) is 0.774. The summed E-state index contributed by atoms with van der Waals surface area (Å²) in [7, 11) is 1.61. The van der Waals surface area contributed by atoms with E-state index in [-0.39, 0.29) is 30.7 Å². The van der Waals surface area contributed by atoms with E-state index >= 15 is 0 Å². The first-order valence-electron chi connectivity index (χ1n) is 8.03. The van der Waals surface area contributed by atoms with Crippen LogP contribution in [0.4, 0.5) is 5.69 Å². The topological polar surface area (TPSA) is 67.4 Å². The molecule has 2 N–H and O–H groups in total. The predicted octanol–water partition coefficient (Wildman–Crippen LogP) is 2.87. The van der Waals surface area contributed by atoms with Crippen LogP contribution >= 0.6 is 0 Å². The lowest BCUT2D eigenvalue weighted by molar-refractivity contribution is -0.125. The summed E-state index contributed by atoms with van der Waals surface area (Å²) < 4.78 is 5.04. The highest BCUT2D eigenvalue weighted by Crippen LogP contribution is 2.22. The molecule has 1 aromatic carbocycles. The minimum absolute atomic E-state index is 0.00264. The maximum absolute atomic E-state index is 12.1. The first kappa shape index (κ1) is 19.2. The fourth-order valence-corrected chi connectivity index (χ4v) is 2.57. The molecule has 0 aliphatic heterocycles. The second kappa shape index (κ2) is 9.30. The van der Waals surface area contributed by atoms with E-state index in [1.54, 1.807) is 7.11 Å². The Kier molecular flexibility index (Phi) is 7.75. The molecule has 23 heavy (non-hydrogen) atoms. The van der Waals surface area contributed by atoms with Gasteiger partial charge in [-0.15, -0.1) is 0 Å². The normalized spacial score (nSPS) is 11.9. The van der Waals surface area contributed by atoms with Gasteiger partial charge in [-0.1, -0.05) is 24.6 Å². The number of carbonyl (C=O) groups is 2. The Hall–Kier alpha value is -1.88. The number of hydrogen-bond acceptors (Lipinski definition) is 3. The number of ether oxygens (including phenoxy) is 1. The van der Waals surface area contributed by atoms with Gasteiger partial charge in [-0.3, -0.25) is 9.59 Å². The number of rotatable bonds is 8. The van der Waals surface area contributed by atoms with Crippen molar-refractivity contribution in [2.75, 3.05) is 19.0 Å². The van der Waals surface area contributed by atoms with Gasteiger partial charge in [0.25, 0.3) is 0 Å². The molecule has 0 saturated carbocycles. The van der Waals surface area contributed by atoms with E-state index in [2.05, 4.69) is 10.6 Å². The Morgan fingerprint density at radius 2 is 1.65 bits per heavy atom. The fourth-order valence-electron chi connectivity index (χ4n) is 2.57. The van der Waals surface area contributed by atoms with Crippen LogP contribution in [0.5, 0.6) is 0 Å². The molecule has 1 rings (SSSR count). The highest BCUT2D eigenvalue weighted by molar-refractivity contribution is 5.94. The zero-order valence-electron chi connectivity index (χ0n) is 14.8. The summed E-state index contributed by atoms with van der Waals surface area (Å²) >= 11 is 0. The molecular formula is C18H28N2O3. The molecular weight excluding hydrogens is 292 g/mol. The van der Waals surface area contributed by atoms with E-state index in [1.165, 1.54) is 5.56 Å². The summed E-state index contributed by atoms with van der Waals surface area (Å²) in [6.07, 6.45) is 1.14. The Morgan fingerprint density at radius 1 is 1.09 bits per heavy atom. The van der Waals surface area contributed by atoms with Gasteiger partial charge in [0.05, 0.1) is 12.6 Å². The predicted molar refractivity (Wildman–Crippen MR) is 92.6 cm³/mol. The lowest BCUT2D eigenvalue weighted by atomic mass is 10.0. The Bertz CT molecular complexity index is 532. The van der Waals surface area contributed by atoms with Gasteiger partial charge in [-0.2, -0.15) is 0 Å². The Morgan fingerprint density at radius 3 is 2.17 bits per heavy atom. The largest absolute Gasteiger partial charge is 0.383 e. The van der Waals surface area contributed by atoms with E-state index in [4.69, 9.17) is 4.74 Å². The number of benzene rings is 1. The molecule has 0 aliphatic carbocycles. The number of methoxy groups -OCH3 is 1. The van der Waals surface area contributed by atoms with Crippen molar-refractivity contribution in [3.8, 4) is 0 Å². The van der Waals surface area contributed by atoms with Crippen molar-refractivity contribution in [1.82, 2.24) is 5.32 Å². The molecule has 0 heterocycles. The molecule has 0 spiro atoms. The van der Waals surface area contributed by atoms with Crippen LogP contribution in [0.3, 0.4) is 0 Å². The molecule has 5 heteroatoms. The first-order valence-corrected chi connectivity index (χ1v) is 8.03. The van der Waals surface area contributed by atoms with Crippen molar-refractivity contribution in [2.24, 2.45) is 0 Å². The molecule has 5 nitrogen and oxygen atoms in total. The number of nitrogens with one attached hydrogen (secondary N) is 2. The van der Waals surface area contributed by atoms with Crippen molar-refractivity contribution in [3.05, 3.63) is 28.8 Å². The molecule has 0 aliphatic rings.